The monoisotopic (exact) mass is 362 g/mol. The van der Waals surface area contributed by atoms with Crippen LogP contribution in [0.1, 0.15) is 10.4 Å². The Bertz CT molecular complexity index is 1120. The zero-order valence-electron chi connectivity index (χ0n) is 14.4. The van der Waals surface area contributed by atoms with Crippen molar-refractivity contribution in [1.82, 2.24) is 14.5 Å². The highest BCUT2D eigenvalue weighted by Gasteiger charge is 2.11. The lowest BCUT2D eigenvalue weighted by Crippen LogP contribution is -2.12. The summed E-state index contributed by atoms with van der Waals surface area (Å²) in [5.74, 6) is -0.257. The number of carbonyl (C=O) groups excluding carboxylic acids is 1. The summed E-state index contributed by atoms with van der Waals surface area (Å²) in [6.45, 7) is 0. The molecular formula is C20H15FN4O2. The molecule has 0 spiro atoms. The minimum absolute atomic E-state index is 0.0881. The van der Waals surface area contributed by atoms with Gasteiger partial charge in [-0.15, -0.1) is 0 Å². The van der Waals surface area contributed by atoms with Gasteiger partial charge in [0.2, 0.25) is 0 Å². The van der Waals surface area contributed by atoms with Gasteiger partial charge in [-0.1, -0.05) is 12.1 Å². The van der Waals surface area contributed by atoms with Crippen LogP contribution in [-0.2, 0) is 0 Å². The molecule has 2 aromatic heterocycles. The molecule has 0 aliphatic heterocycles. The molecule has 0 unspecified atom stereocenters. The molecule has 27 heavy (non-hydrogen) atoms. The van der Waals surface area contributed by atoms with E-state index in [0.29, 0.717) is 11.5 Å². The molecule has 0 aliphatic rings. The van der Waals surface area contributed by atoms with Crippen LogP contribution >= 0.6 is 0 Å². The number of ether oxygens (including phenoxy) is 1. The summed E-state index contributed by atoms with van der Waals surface area (Å²) in [5.41, 5.74) is 2.51. The first-order chi connectivity index (χ1) is 13.2. The van der Waals surface area contributed by atoms with Gasteiger partial charge in [0.1, 0.15) is 12.1 Å². The Balaban J connectivity index is 1.54. The molecular weight excluding hydrogens is 347 g/mol. The van der Waals surface area contributed by atoms with E-state index in [0.717, 1.165) is 17.1 Å². The van der Waals surface area contributed by atoms with E-state index in [1.54, 1.807) is 24.7 Å². The van der Waals surface area contributed by atoms with Gasteiger partial charge in [0.05, 0.1) is 30.0 Å². The Morgan fingerprint density at radius 1 is 1.11 bits per heavy atom. The van der Waals surface area contributed by atoms with Crippen LogP contribution in [0.2, 0.25) is 0 Å². The number of para-hydroxylation sites is 2. The third kappa shape index (κ3) is 3.22. The van der Waals surface area contributed by atoms with Gasteiger partial charge in [0, 0.05) is 5.56 Å². The summed E-state index contributed by atoms with van der Waals surface area (Å²) in [5, 5.41) is 2.70. The number of pyridine rings is 1. The van der Waals surface area contributed by atoms with E-state index in [9.17, 15) is 9.18 Å². The molecule has 0 saturated heterocycles. The summed E-state index contributed by atoms with van der Waals surface area (Å²) < 4.78 is 20.5. The number of carbonyl (C=O) groups is 1. The molecule has 0 bridgehead atoms. The number of methoxy groups -OCH3 is 1. The number of anilines is 1. The number of rotatable bonds is 4. The molecule has 4 rings (SSSR count). The lowest BCUT2D eigenvalue weighted by molar-refractivity contribution is 0.102. The molecule has 0 saturated carbocycles. The fraction of sp³-hybridized carbons (Fsp3) is 0.0500. The van der Waals surface area contributed by atoms with Crippen molar-refractivity contribution in [3.05, 3.63) is 78.5 Å². The molecule has 134 valence electrons. The predicted molar refractivity (Wildman–Crippen MR) is 99.8 cm³/mol. The van der Waals surface area contributed by atoms with E-state index in [1.165, 1.54) is 19.2 Å². The normalized spacial score (nSPS) is 10.7. The average molecular weight is 362 g/mol. The van der Waals surface area contributed by atoms with Crippen LogP contribution in [0, 0.1) is 5.82 Å². The van der Waals surface area contributed by atoms with Gasteiger partial charge < -0.3 is 10.1 Å². The maximum absolute atomic E-state index is 13.8. The second-order valence-corrected chi connectivity index (χ2v) is 5.81. The van der Waals surface area contributed by atoms with E-state index in [4.69, 9.17) is 4.74 Å². The molecule has 4 aromatic rings. The van der Waals surface area contributed by atoms with E-state index in [1.807, 2.05) is 28.8 Å². The first-order valence-electron chi connectivity index (χ1n) is 8.19. The first-order valence-corrected chi connectivity index (χ1v) is 8.19. The van der Waals surface area contributed by atoms with Crippen LogP contribution in [0.3, 0.4) is 0 Å². The highest BCUT2D eigenvalue weighted by Crippen LogP contribution is 2.20. The Hall–Kier alpha value is -3.74. The summed E-state index contributed by atoms with van der Waals surface area (Å²) in [6, 6.07) is 15.3. The fourth-order valence-electron chi connectivity index (χ4n) is 2.76. The van der Waals surface area contributed by atoms with Gasteiger partial charge in [-0.3, -0.25) is 9.36 Å². The smallest absolute Gasteiger partial charge is 0.255 e. The lowest BCUT2D eigenvalue weighted by Gasteiger charge is -2.08. The third-order valence-electron chi connectivity index (χ3n) is 4.12. The van der Waals surface area contributed by atoms with E-state index >= 15 is 0 Å². The molecule has 0 fully saturated rings. The Kier molecular flexibility index (Phi) is 4.25. The van der Waals surface area contributed by atoms with Crippen molar-refractivity contribution in [2.45, 2.75) is 0 Å². The molecule has 6 nitrogen and oxygen atoms in total. The largest absolute Gasteiger partial charge is 0.494 e. The highest BCUT2D eigenvalue weighted by molar-refractivity contribution is 6.04. The zero-order chi connectivity index (χ0) is 18.8. The van der Waals surface area contributed by atoms with Crippen molar-refractivity contribution in [3.63, 3.8) is 0 Å². The van der Waals surface area contributed by atoms with Crippen LogP contribution in [0.4, 0.5) is 10.1 Å². The van der Waals surface area contributed by atoms with Gasteiger partial charge in [0.25, 0.3) is 5.91 Å². The number of halogens is 1. The topological polar surface area (TPSA) is 69.0 Å². The van der Waals surface area contributed by atoms with E-state index in [-0.39, 0.29) is 11.3 Å². The van der Waals surface area contributed by atoms with E-state index < -0.39 is 11.7 Å². The first kappa shape index (κ1) is 16.7. The molecule has 0 radical (unpaired) electrons. The number of nitrogens with one attached hydrogen (secondary N) is 1. The van der Waals surface area contributed by atoms with Gasteiger partial charge in [-0.2, -0.15) is 0 Å². The summed E-state index contributed by atoms with van der Waals surface area (Å²) in [6.07, 6.45) is 3.24. The minimum atomic E-state index is -0.592. The number of imidazole rings is 1. The van der Waals surface area contributed by atoms with Crippen LogP contribution in [0.15, 0.2) is 67.1 Å². The second kappa shape index (κ2) is 6.87. The van der Waals surface area contributed by atoms with Crippen molar-refractivity contribution >= 4 is 22.6 Å². The maximum Gasteiger partial charge on any atom is 0.255 e. The maximum atomic E-state index is 13.8. The zero-order valence-corrected chi connectivity index (χ0v) is 14.4. The number of benzene rings is 2. The van der Waals surface area contributed by atoms with Gasteiger partial charge in [-0.05, 0) is 42.5 Å². The molecule has 2 heterocycles. The predicted octanol–water partition coefficient (Wildman–Crippen LogP) is 3.82. The Morgan fingerprint density at radius 3 is 2.70 bits per heavy atom. The summed E-state index contributed by atoms with van der Waals surface area (Å²) in [4.78, 5) is 21.0. The summed E-state index contributed by atoms with van der Waals surface area (Å²) in [7, 11) is 1.37. The van der Waals surface area contributed by atoms with Crippen molar-refractivity contribution in [3.8, 4) is 11.6 Å². The number of fused-ring (bicyclic) bond motifs is 1. The molecule has 2 aromatic carbocycles. The molecule has 1 amide bonds. The molecule has 1 N–H and O–H groups in total. The standard InChI is InChI=1S/C20H15FN4O2/c1-27-18-8-6-13(10-15(18)21)20(26)24-14-7-9-19(22-11-14)25-12-23-16-4-2-3-5-17(16)25/h2-12H,1H3,(H,24,26). The molecule has 0 aliphatic carbocycles. The number of hydrogen-bond acceptors (Lipinski definition) is 4. The van der Waals surface area contributed by atoms with Gasteiger partial charge in [0.15, 0.2) is 11.6 Å². The Morgan fingerprint density at radius 2 is 1.96 bits per heavy atom. The minimum Gasteiger partial charge on any atom is -0.494 e. The molecule has 7 heteroatoms. The molecule has 0 atom stereocenters. The fourth-order valence-corrected chi connectivity index (χ4v) is 2.76. The van der Waals surface area contributed by atoms with Crippen LogP contribution < -0.4 is 10.1 Å². The lowest BCUT2D eigenvalue weighted by atomic mass is 10.2. The van der Waals surface area contributed by atoms with Crippen LogP contribution in [0.5, 0.6) is 5.75 Å². The second-order valence-electron chi connectivity index (χ2n) is 5.81. The van der Waals surface area contributed by atoms with Crippen molar-refractivity contribution in [1.29, 1.82) is 0 Å². The summed E-state index contributed by atoms with van der Waals surface area (Å²) >= 11 is 0. The number of aromatic nitrogens is 3. The third-order valence-corrected chi connectivity index (χ3v) is 4.12. The van der Waals surface area contributed by atoms with Crippen molar-refractivity contribution in [2.75, 3.05) is 12.4 Å². The number of amides is 1. The SMILES string of the molecule is COc1ccc(C(=O)Nc2ccc(-n3cnc4ccccc43)nc2)cc1F. The number of nitrogens with zero attached hydrogens (tertiary/aromatic N) is 3. The number of hydrogen-bond donors (Lipinski definition) is 1. The van der Waals surface area contributed by atoms with Gasteiger partial charge in [-0.25, -0.2) is 14.4 Å². The van der Waals surface area contributed by atoms with Crippen molar-refractivity contribution < 1.29 is 13.9 Å². The van der Waals surface area contributed by atoms with E-state index in [2.05, 4.69) is 15.3 Å². The Labute approximate surface area is 154 Å². The average Bonchev–Trinajstić information content (AvgIpc) is 3.12. The van der Waals surface area contributed by atoms with Crippen LogP contribution in [-0.4, -0.2) is 27.6 Å². The van der Waals surface area contributed by atoms with Crippen LogP contribution in [0.25, 0.3) is 16.9 Å². The van der Waals surface area contributed by atoms with Gasteiger partial charge >= 0.3 is 0 Å². The van der Waals surface area contributed by atoms with Crippen molar-refractivity contribution in [2.24, 2.45) is 0 Å². The quantitative estimate of drug-likeness (QED) is 0.599. The highest BCUT2D eigenvalue weighted by atomic mass is 19.1.